The molecule has 0 radical (unpaired) electrons. The molecule has 0 amide bonds. The van der Waals surface area contributed by atoms with E-state index in [0.29, 0.717) is 0 Å². The van der Waals surface area contributed by atoms with Gasteiger partial charge in [0, 0.05) is 0 Å². The average Bonchev–Trinajstić information content (AvgIpc) is 1.88. The Hall–Kier alpha value is 0.540. The molecule has 0 aromatic carbocycles. The van der Waals surface area contributed by atoms with E-state index in [1.807, 2.05) is 0 Å². The number of aliphatic hydroxyl groups is 1. The topological polar surface area (TPSA) is 20.2 Å². The Balaban J connectivity index is 0. The zero-order chi connectivity index (χ0) is 6.69. The van der Waals surface area contributed by atoms with Gasteiger partial charge < -0.3 is 5.11 Å². The van der Waals surface area contributed by atoms with E-state index < -0.39 is 0 Å². The van der Waals surface area contributed by atoms with E-state index in [0.717, 1.165) is 18.8 Å². The van der Waals surface area contributed by atoms with Crippen LogP contribution in [0.3, 0.4) is 0 Å². The zero-order valence-electron chi connectivity index (χ0n) is 6.95. The van der Waals surface area contributed by atoms with Crippen molar-refractivity contribution >= 4 is 24.8 Å². The predicted molar refractivity (Wildman–Crippen MR) is 52.8 cm³/mol. The lowest BCUT2D eigenvalue weighted by Gasteiger charge is -2.24. The number of rotatable bonds is 1. The third kappa shape index (κ3) is 4.89. The zero-order valence-corrected chi connectivity index (χ0v) is 8.59. The fraction of sp³-hybridized carbons (Fsp3) is 1.00. The summed E-state index contributed by atoms with van der Waals surface area (Å²) < 4.78 is 0. The van der Waals surface area contributed by atoms with Gasteiger partial charge in [-0.05, 0) is 18.8 Å². The van der Waals surface area contributed by atoms with Crippen LogP contribution in [0.2, 0.25) is 0 Å². The summed E-state index contributed by atoms with van der Waals surface area (Å²) >= 11 is 0. The first-order valence-electron chi connectivity index (χ1n) is 4.01. The van der Waals surface area contributed by atoms with Gasteiger partial charge in [-0.1, -0.05) is 26.2 Å². The molecule has 1 saturated carbocycles. The highest BCUT2D eigenvalue weighted by Crippen LogP contribution is 2.25. The second kappa shape index (κ2) is 7.20. The van der Waals surface area contributed by atoms with Crippen LogP contribution in [0.4, 0.5) is 0 Å². The highest BCUT2D eigenvalue weighted by Gasteiger charge is 2.17. The Morgan fingerprint density at radius 1 is 1.27 bits per heavy atom. The second-order valence-corrected chi connectivity index (χ2v) is 3.09. The summed E-state index contributed by atoms with van der Waals surface area (Å²) in [7, 11) is 0. The first kappa shape index (κ1) is 14.1. The third-order valence-corrected chi connectivity index (χ3v) is 2.33. The molecule has 2 unspecified atom stereocenters. The van der Waals surface area contributed by atoms with Crippen molar-refractivity contribution in [3.8, 4) is 0 Å². The minimum absolute atomic E-state index is 0. The van der Waals surface area contributed by atoms with Gasteiger partial charge in [0.05, 0.1) is 6.10 Å². The molecule has 3 heteroatoms. The van der Waals surface area contributed by atoms with Gasteiger partial charge in [0.1, 0.15) is 0 Å². The van der Waals surface area contributed by atoms with Crippen LogP contribution in [0, 0.1) is 5.92 Å². The molecule has 1 aliphatic carbocycles. The molecule has 0 bridgehead atoms. The van der Waals surface area contributed by atoms with Crippen LogP contribution < -0.4 is 0 Å². The Bertz CT molecular complexity index is 88.2. The summed E-state index contributed by atoms with van der Waals surface area (Å²) in [4.78, 5) is 0. The Labute approximate surface area is 81.4 Å². The summed E-state index contributed by atoms with van der Waals surface area (Å²) in [6, 6.07) is 0. The standard InChI is InChI=1S/C8H16O.2ClH/c1-2-7-4-3-5-8(9)6-7;;/h7-9H,2-6H2,1H3;2*1H. The van der Waals surface area contributed by atoms with Crippen molar-refractivity contribution in [2.45, 2.75) is 45.1 Å². The van der Waals surface area contributed by atoms with Crippen LogP contribution in [0.5, 0.6) is 0 Å². The third-order valence-electron chi connectivity index (χ3n) is 2.33. The van der Waals surface area contributed by atoms with Gasteiger partial charge in [0.15, 0.2) is 0 Å². The van der Waals surface area contributed by atoms with Gasteiger partial charge in [0.25, 0.3) is 0 Å². The lowest BCUT2D eigenvalue weighted by Crippen LogP contribution is -2.18. The fourth-order valence-electron chi connectivity index (χ4n) is 1.63. The number of halogens is 2. The molecule has 0 aliphatic heterocycles. The van der Waals surface area contributed by atoms with E-state index in [2.05, 4.69) is 6.92 Å². The lowest BCUT2D eigenvalue weighted by atomic mass is 9.86. The molecule has 70 valence electrons. The normalized spacial score (nSPS) is 30.0. The van der Waals surface area contributed by atoms with Crippen molar-refractivity contribution in [3.63, 3.8) is 0 Å². The molecule has 0 heterocycles. The Morgan fingerprint density at radius 3 is 2.27 bits per heavy atom. The summed E-state index contributed by atoms with van der Waals surface area (Å²) in [6.45, 7) is 2.21. The molecular formula is C8H18Cl2O. The van der Waals surface area contributed by atoms with E-state index >= 15 is 0 Å². The predicted octanol–water partition coefficient (Wildman–Crippen LogP) is 2.79. The van der Waals surface area contributed by atoms with Crippen molar-refractivity contribution < 1.29 is 5.11 Å². The van der Waals surface area contributed by atoms with Gasteiger partial charge in [0.2, 0.25) is 0 Å². The molecule has 1 rings (SSSR count). The van der Waals surface area contributed by atoms with Crippen LogP contribution in [-0.2, 0) is 0 Å². The molecule has 1 fully saturated rings. The maximum atomic E-state index is 9.21. The highest BCUT2D eigenvalue weighted by molar-refractivity contribution is 5.85. The monoisotopic (exact) mass is 200 g/mol. The van der Waals surface area contributed by atoms with Crippen molar-refractivity contribution in [1.82, 2.24) is 0 Å². The highest BCUT2D eigenvalue weighted by atomic mass is 35.5. The maximum Gasteiger partial charge on any atom is 0.0542 e. The van der Waals surface area contributed by atoms with E-state index in [4.69, 9.17) is 0 Å². The van der Waals surface area contributed by atoms with E-state index in [-0.39, 0.29) is 30.9 Å². The molecule has 1 N–H and O–H groups in total. The van der Waals surface area contributed by atoms with E-state index in [1.165, 1.54) is 19.3 Å². The van der Waals surface area contributed by atoms with Crippen LogP contribution in [0.1, 0.15) is 39.0 Å². The number of hydrogen-bond donors (Lipinski definition) is 1. The first-order chi connectivity index (χ1) is 4.33. The van der Waals surface area contributed by atoms with Gasteiger partial charge in [-0.2, -0.15) is 0 Å². The minimum atomic E-state index is 0. The van der Waals surface area contributed by atoms with Crippen molar-refractivity contribution in [2.75, 3.05) is 0 Å². The number of hydrogen-bond acceptors (Lipinski definition) is 1. The fourth-order valence-corrected chi connectivity index (χ4v) is 1.63. The van der Waals surface area contributed by atoms with Crippen molar-refractivity contribution in [2.24, 2.45) is 5.92 Å². The second-order valence-electron chi connectivity index (χ2n) is 3.09. The summed E-state index contributed by atoms with van der Waals surface area (Å²) in [5.74, 6) is 0.814. The van der Waals surface area contributed by atoms with Gasteiger partial charge in [-0.3, -0.25) is 0 Å². The number of aliphatic hydroxyl groups excluding tert-OH is 1. The molecule has 0 saturated heterocycles. The lowest BCUT2D eigenvalue weighted by molar-refractivity contribution is 0.0998. The Kier molecular flexibility index (Phi) is 9.22. The quantitative estimate of drug-likeness (QED) is 0.691. The van der Waals surface area contributed by atoms with E-state index in [1.54, 1.807) is 0 Å². The maximum absolute atomic E-state index is 9.21. The van der Waals surface area contributed by atoms with Crippen LogP contribution >= 0.6 is 24.8 Å². The minimum Gasteiger partial charge on any atom is -0.393 e. The Morgan fingerprint density at radius 2 is 1.91 bits per heavy atom. The average molecular weight is 201 g/mol. The molecule has 2 atom stereocenters. The van der Waals surface area contributed by atoms with Gasteiger partial charge in [-0.15, -0.1) is 24.8 Å². The molecule has 0 spiro atoms. The van der Waals surface area contributed by atoms with E-state index in [9.17, 15) is 5.11 Å². The smallest absolute Gasteiger partial charge is 0.0542 e. The van der Waals surface area contributed by atoms with Gasteiger partial charge >= 0.3 is 0 Å². The van der Waals surface area contributed by atoms with Crippen LogP contribution in [0.15, 0.2) is 0 Å². The largest absolute Gasteiger partial charge is 0.393 e. The SMILES string of the molecule is CCC1CCCC(O)C1.Cl.Cl. The van der Waals surface area contributed by atoms with Crippen molar-refractivity contribution in [1.29, 1.82) is 0 Å². The summed E-state index contributed by atoms with van der Waals surface area (Å²) in [5.41, 5.74) is 0. The summed E-state index contributed by atoms with van der Waals surface area (Å²) in [6.07, 6.45) is 5.93. The molecule has 0 aromatic rings. The molecule has 11 heavy (non-hydrogen) atoms. The van der Waals surface area contributed by atoms with Gasteiger partial charge in [-0.25, -0.2) is 0 Å². The first-order valence-corrected chi connectivity index (χ1v) is 4.01. The molecule has 0 aromatic heterocycles. The van der Waals surface area contributed by atoms with Crippen molar-refractivity contribution in [3.05, 3.63) is 0 Å². The molecule has 1 aliphatic rings. The summed E-state index contributed by atoms with van der Waals surface area (Å²) in [5, 5.41) is 9.21. The molecule has 1 nitrogen and oxygen atoms in total. The van der Waals surface area contributed by atoms with Crippen LogP contribution in [0.25, 0.3) is 0 Å². The van der Waals surface area contributed by atoms with Crippen LogP contribution in [-0.4, -0.2) is 11.2 Å². The molecular weight excluding hydrogens is 183 g/mol.